The molecule has 2 aromatic carbocycles. The van der Waals surface area contributed by atoms with Crippen molar-refractivity contribution >= 4 is 11.7 Å². The first kappa shape index (κ1) is 18.9. The van der Waals surface area contributed by atoms with Crippen LogP contribution in [0.4, 0.5) is 5.82 Å². The summed E-state index contributed by atoms with van der Waals surface area (Å²) in [6, 6.07) is 19.8. The Morgan fingerprint density at radius 3 is 2.38 bits per heavy atom. The first-order valence-corrected chi connectivity index (χ1v) is 9.76. The van der Waals surface area contributed by atoms with Crippen LogP contribution in [0, 0.1) is 0 Å². The van der Waals surface area contributed by atoms with Crippen LogP contribution in [0.15, 0.2) is 67.0 Å². The molecule has 0 unspecified atom stereocenters. The fraction of sp³-hybridized carbons (Fsp3) is 0.261. The lowest BCUT2D eigenvalue weighted by Gasteiger charge is -2.35. The van der Waals surface area contributed by atoms with E-state index in [1.165, 1.54) is 0 Å². The van der Waals surface area contributed by atoms with Crippen molar-refractivity contribution in [1.29, 1.82) is 0 Å². The Morgan fingerprint density at radius 2 is 1.69 bits per heavy atom. The summed E-state index contributed by atoms with van der Waals surface area (Å²) in [5.74, 6) is 1.86. The maximum atomic E-state index is 12.7. The molecule has 0 N–H and O–H groups in total. The van der Waals surface area contributed by atoms with Crippen LogP contribution in [0.3, 0.4) is 0 Å². The van der Waals surface area contributed by atoms with E-state index in [0.717, 1.165) is 41.5 Å². The third-order valence-electron chi connectivity index (χ3n) is 5.19. The van der Waals surface area contributed by atoms with Crippen molar-refractivity contribution in [1.82, 2.24) is 14.9 Å². The zero-order valence-electron chi connectivity index (χ0n) is 16.5. The largest absolute Gasteiger partial charge is 0.497 e. The second-order valence-corrected chi connectivity index (χ2v) is 7.02. The Bertz CT molecular complexity index is 952. The number of amides is 1. The average molecular weight is 388 g/mol. The van der Waals surface area contributed by atoms with Gasteiger partial charge in [-0.1, -0.05) is 42.5 Å². The van der Waals surface area contributed by atoms with Gasteiger partial charge in [0.1, 0.15) is 17.9 Å². The summed E-state index contributed by atoms with van der Waals surface area (Å²) in [6.45, 7) is 2.92. The number of carbonyl (C=O) groups excluding carboxylic acids is 1. The smallest absolute Gasteiger partial charge is 0.227 e. The molecule has 6 nitrogen and oxygen atoms in total. The minimum Gasteiger partial charge on any atom is -0.497 e. The molecule has 6 heteroatoms. The van der Waals surface area contributed by atoms with E-state index >= 15 is 0 Å². The molecule has 0 saturated carbocycles. The number of piperazine rings is 1. The second-order valence-electron chi connectivity index (χ2n) is 7.02. The predicted molar refractivity (Wildman–Crippen MR) is 113 cm³/mol. The van der Waals surface area contributed by atoms with Crippen LogP contribution in [0.25, 0.3) is 11.3 Å². The number of ether oxygens (including phenoxy) is 1. The van der Waals surface area contributed by atoms with Crippen LogP contribution in [0.5, 0.6) is 5.75 Å². The van der Waals surface area contributed by atoms with E-state index in [4.69, 9.17) is 4.74 Å². The maximum absolute atomic E-state index is 12.7. The summed E-state index contributed by atoms with van der Waals surface area (Å²) < 4.78 is 5.17. The summed E-state index contributed by atoms with van der Waals surface area (Å²) in [5.41, 5.74) is 2.99. The summed E-state index contributed by atoms with van der Waals surface area (Å²) in [6.07, 6.45) is 2.02. The van der Waals surface area contributed by atoms with Crippen LogP contribution in [-0.2, 0) is 11.2 Å². The van der Waals surface area contributed by atoms with Crippen molar-refractivity contribution in [3.05, 3.63) is 72.6 Å². The molecule has 1 saturated heterocycles. The molecule has 3 aromatic rings. The van der Waals surface area contributed by atoms with Gasteiger partial charge in [0, 0.05) is 37.8 Å². The Labute approximate surface area is 170 Å². The Balaban J connectivity index is 1.36. The topological polar surface area (TPSA) is 58.6 Å². The molecule has 2 heterocycles. The van der Waals surface area contributed by atoms with Gasteiger partial charge in [0.2, 0.25) is 5.91 Å². The minimum absolute atomic E-state index is 0.155. The van der Waals surface area contributed by atoms with Crippen molar-refractivity contribution in [2.24, 2.45) is 0 Å². The predicted octanol–water partition coefficient (Wildman–Crippen LogP) is 3.04. The SMILES string of the molecule is COc1ccc(CC(=O)N2CCN(c3cc(-c4ccccc4)ncn3)CC2)cc1. The van der Waals surface area contributed by atoms with Crippen molar-refractivity contribution < 1.29 is 9.53 Å². The third-order valence-corrected chi connectivity index (χ3v) is 5.19. The van der Waals surface area contributed by atoms with Crippen molar-refractivity contribution in [3.8, 4) is 17.0 Å². The zero-order valence-corrected chi connectivity index (χ0v) is 16.5. The molecule has 1 aliphatic rings. The molecule has 0 aliphatic carbocycles. The van der Waals surface area contributed by atoms with Gasteiger partial charge in [-0.25, -0.2) is 9.97 Å². The number of aromatic nitrogens is 2. The highest BCUT2D eigenvalue weighted by Gasteiger charge is 2.22. The molecule has 1 amide bonds. The van der Waals surface area contributed by atoms with E-state index in [0.29, 0.717) is 19.5 Å². The van der Waals surface area contributed by atoms with Crippen LogP contribution >= 0.6 is 0 Å². The quantitative estimate of drug-likeness (QED) is 0.672. The van der Waals surface area contributed by atoms with Gasteiger partial charge < -0.3 is 14.5 Å². The molecule has 1 aliphatic heterocycles. The lowest BCUT2D eigenvalue weighted by Crippen LogP contribution is -2.49. The van der Waals surface area contributed by atoms with E-state index in [1.54, 1.807) is 13.4 Å². The highest BCUT2D eigenvalue weighted by atomic mass is 16.5. The lowest BCUT2D eigenvalue weighted by atomic mass is 10.1. The van der Waals surface area contributed by atoms with Gasteiger partial charge in [0.15, 0.2) is 0 Å². The van der Waals surface area contributed by atoms with Crippen LogP contribution in [0.2, 0.25) is 0 Å². The number of rotatable bonds is 5. The molecule has 0 bridgehead atoms. The van der Waals surface area contributed by atoms with Gasteiger partial charge in [-0.2, -0.15) is 0 Å². The molecular weight excluding hydrogens is 364 g/mol. The normalized spacial score (nSPS) is 14.0. The molecular formula is C23H24N4O2. The van der Waals surface area contributed by atoms with Crippen molar-refractivity contribution in [2.75, 3.05) is 38.2 Å². The van der Waals surface area contributed by atoms with E-state index in [2.05, 4.69) is 14.9 Å². The molecule has 1 aromatic heterocycles. The molecule has 0 radical (unpaired) electrons. The highest BCUT2D eigenvalue weighted by Crippen LogP contribution is 2.21. The highest BCUT2D eigenvalue weighted by molar-refractivity contribution is 5.79. The van der Waals surface area contributed by atoms with E-state index < -0.39 is 0 Å². The minimum atomic E-state index is 0.155. The van der Waals surface area contributed by atoms with Gasteiger partial charge in [0.05, 0.1) is 19.2 Å². The first-order valence-electron chi connectivity index (χ1n) is 9.76. The molecule has 4 rings (SSSR count). The summed E-state index contributed by atoms with van der Waals surface area (Å²) in [4.78, 5) is 25.6. The first-order chi connectivity index (χ1) is 14.2. The number of anilines is 1. The standard InChI is InChI=1S/C23H24N4O2/c1-29-20-9-7-18(8-10-20)15-23(28)27-13-11-26(12-14-27)22-16-21(24-17-25-22)19-5-3-2-4-6-19/h2-10,16-17H,11-15H2,1H3. The average Bonchev–Trinajstić information content (AvgIpc) is 2.80. The molecule has 29 heavy (non-hydrogen) atoms. The fourth-order valence-electron chi connectivity index (χ4n) is 3.50. The van der Waals surface area contributed by atoms with Gasteiger partial charge in [0.25, 0.3) is 0 Å². The van der Waals surface area contributed by atoms with Gasteiger partial charge >= 0.3 is 0 Å². The van der Waals surface area contributed by atoms with Crippen molar-refractivity contribution in [2.45, 2.75) is 6.42 Å². The third kappa shape index (κ3) is 4.54. The van der Waals surface area contributed by atoms with Crippen LogP contribution < -0.4 is 9.64 Å². The molecule has 0 spiro atoms. The number of nitrogens with zero attached hydrogens (tertiary/aromatic N) is 4. The number of hydrogen-bond donors (Lipinski definition) is 0. The Morgan fingerprint density at radius 1 is 0.966 bits per heavy atom. The number of methoxy groups -OCH3 is 1. The summed E-state index contributed by atoms with van der Waals surface area (Å²) in [5, 5.41) is 0. The molecule has 148 valence electrons. The van der Waals surface area contributed by atoms with Gasteiger partial charge in [-0.3, -0.25) is 4.79 Å². The number of hydrogen-bond acceptors (Lipinski definition) is 5. The van der Waals surface area contributed by atoms with Gasteiger partial charge in [-0.05, 0) is 17.7 Å². The monoisotopic (exact) mass is 388 g/mol. The van der Waals surface area contributed by atoms with E-state index in [9.17, 15) is 4.79 Å². The maximum Gasteiger partial charge on any atom is 0.227 e. The molecule has 1 fully saturated rings. The van der Waals surface area contributed by atoms with Gasteiger partial charge in [-0.15, -0.1) is 0 Å². The van der Waals surface area contributed by atoms with E-state index in [1.807, 2.05) is 65.6 Å². The second kappa shape index (κ2) is 8.73. The number of carbonyl (C=O) groups is 1. The van der Waals surface area contributed by atoms with E-state index in [-0.39, 0.29) is 5.91 Å². The summed E-state index contributed by atoms with van der Waals surface area (Å²) in [7, 11) is 1.64. The fourth-order valence-corrected chi connectivity index (χ4v) is 3.50. The zero-order chi connectivity index (χ0) is 20.1. The van der Waals surface area contributed by atoms with Crippen LogP contribution in [0.1, 0.15) is 5.56 Å². The molecule has 0 atom stereocenters. The Hall–Kier alpha value is -3.41. The van der Waals surface area contributed by atoms with Crippen molar-refractivity contribution in [3.63, 3.8) is 0 Å². The lowest BCUT2D eigenvalue weighted by molar-refractivity contribution is -0.130. The summed E-state index contributed by atoms with van der Waals surface area (Å²) >= 11 is 0. The Kier molecular flexibility index (Phi) is 5.70. The van der Waals surface area contributed by atoms with Crippen LogP contribution in [-0.4, -0.2) is 54.1 Å². The number of benzene rings is 2.